The van der Waals surface area contributed by atoms with E-state index in [4.69, 9.17) is 16.7 Å². The van der Waals surface area contributed by atoms with Crippen LogP contribution in [0.25, 0.3) is 0 Å². The normalized spacial score (nSPS) is 14.4. The first-order valence-corrected chi connectivity index (χ1v) is 8.39. The quantitative estimate of drug-likeness (QED) is 0.578. The van der Waals surface area contributed by atoms with Gasteiger partial charge in [0.1, 0.15) is 0 Å². The Morgan fingerprint density at radius 2 is 1.81 bits per heavy atom. The number of nitrogens with one attached hydrogen (secondary N) is 2. The largest absolute Gasteiger partial charge is 0.465 e. The summed E-state index contributed by atoms with van der Waals surface area (Å²) in [7, 11) is 0. The molecule has 1 rings (SSSR count). The molecule has 0 aliphatic heterocycles. The van der Waals surface area contributed by atoms with Crippen molar-refractivity contribution in [1.82, 2.24) is 10.6 Å². The number of hydrogen-bond donors (Lipinski definition) is 4. The zero-order valence-corrected chi connectivity index (χ0v) is 15.8. The van der Waals surface area contributed by atoms with Crippen LogP contribution in [-0.4, -0.2) is 34.9 Å². The van der Waals surface area contributed by atoms with Gasteiger partial charge in [0.2, 0.25) is 5.91 Å². The first-order chi connectivity index (χ1) is 12.3. The second-order valence-electron chi connectivity index (χ2n) is 7.08. The summed E-state index contributed by atoms with van der Waals surface area (Å²) >= 11 is 5.78. The number of carbonyl (C=O) groups is 2. The van der Waals surface area contributed by atoms with Crippen molar-refractivity contribution in [3.05, 3.63) is 34.3 Å². The number of benzene rings is 1. The van der Waals surface area contributed by atoms with Gasteiger partial charge in [-0.15, -0.1) is 0 Å². The number of halogens is 4. The Morgan fingerprint density at radius 1 is 1.22 bits per heavy atom. The van der Waals surface area contributed by atoms with E-state index in [1.807, 2.05) is 0 Å². The van der Waals surface area contributed by atoms with Crippen molar-refractivity contribution in [2.75, 3.05) is 6.61 Å². The molecule has 0 bridgehead atoms. The highest BCUT2D eigenvalue weighted by Gasteiger charge is 2.38. The summed E-state index contributed by atoms with van der Waals surface area (Å²) in [6.07, 6.45) is -5.99. The molecule has 0 spiro atoms. The molecule has 0 aromatic heterocycles. The summed E-state index contributed by atoms with van der Waals surface area (Å²) in [6.45, 7) is 4.11. The van der Waals surface area contributed by atoms with Crippen molar-refractivity contribution in [2.24, 2.45) is 11.3 Å². The Labute approximate surface area is 159 Å². The van der Waals surface area contributed by atoms with E-state index in [-0.39, 0.29) is 12.1 Å². The zero-order valence-electron chi connectivity index (χ0n) is 15.0. The predicted molar refractivity (Wildman–Crippen MR) is 93.3 cm³/mol. The van der Waals surface area contributed by atoms with E-state index in [9.17, 15) is 27.9 Å². The van der Waals surface area contributed by atoms with Crippen LogP contribution >= 0.6 is 11.6 Å². The number of aliphatic hydroxyl groups excluding tert-OH is 1. The number of amides is 2. The Hall–Kier alpha value is -2.00. The van der Waals surface area contributed by atoms with Gasteiger partial charge in [-0.1, -0.05) is 44.5 Å². The number of carbonyl (C=O) groups excluding carboxylic acids is 1. The van der Waals surface area contributed by atoms with Gasteiger partial charge in [-0.05, 0) is 17.0 Å². The van der Waals surface area contributed by atoms with Gasteiger partial charge >= 0.3 is 12.3 Å². The Morgan fingerprint density at radius 3 is 2.26 bits per heavy atom. The van der Waals surface area contributed by atoms with Gasteiger partial charge in [0.15, 0.2) is 0 Å². The topological polar surface area (TPSA) is 98.7 Å². The highest BCUT2D eigenvalue weighted by Crippen LogP contribution is 2.36. The molecule has 2 unspecified atom stereocenters. The standard InChI is InChI=1S/C17H22ClF3N2O4/c1-16(2,3)13(23-15(26)27)10(8-24)14(25)22-7-9-5-4-6-11(12(9)18)17(19,20)21/h4-6,10,13,23-24H,7-8H2,1-3H3,(H,22,25)(H,26,27). The van der Waals surface area contributed by atoms with Crippen LogP contribution in [0.15, 0.2) is 18.2 Å². The van der Waals surface area contributed by atoms with Crippen LogP contribution in [0, 0.1) is 11.3 Å². The number of alkyl halides is 3. The molecule has 152 valence electrons. The maximum atomic E-state index is 12.9. The van der Waals surface area contributed by atoms with Gasteiger partial charge in [0, 0.05) is 6.54 Å². The van der Waals surface area contributed by atoms with Crippen molar-refractivity contribution < 1.29 is 33.0 Å². The predicted octanol–water partition coefficient (Wildman–Crippen LogP) is 3.27. The molecule has 1 aromatic rings. The maximum Gasteiger partial charge on any atom is 0.417 e. The SMILES string of the molecule is CC(C)(C)C(NC(=O)O)C(CO)C(=O)NCc1cccc(C(F)(F)F)c1Cl. The molecule has 0 saturated carbocycles. The van der Waals surface area contributed by atoms with Crippen LogP contribution in [0.3, 0.4) is 0 Å². The van der Waals surface area contributed by atoms with E-state index in [0.717, 1.165) is 6.07 Å². The van der Waals surface area contributed by atoms with Crippen LogP contribution in [0.4, 0.5) is 18.0 Å². The third kappa shape index (κ3) is 6.28. The molecular weight excluding hydrogens is 389 g/mol. The number of aliphatic hydroxyl groups is 1. The van der Waals surface area contributed by atoms with E-state index in [2.05, 4.69) is 10.6 Å². The molecule has 0 aliphatic rings. The average Bonchev–Trinajstić information content (AvgIpc) is 2.51. The average molecular weight is 411 g/mol. The fraction of sp³-hybridized carbons (Fsp3) is 0.529. The molecular formula is C17H22ClF3N2O4. The number of carboxylic acid groups (broad SMARTS) is 1. The summed E-state index contributed by atoms with van der Waals surface area (Å²) in [5, 5.41) is 22.6. The lowest BCUT2D eigenvalue weighted by atomic mass is 9.78. The minimum atomic E-state index is -4.63. The van der Waals surface area contributed by atoms with E-state index in [0.29, 0.717) is 0 Å². The molecule has 6 nitrogen and oxygen atoms in total. The van der Waals surface area contributed by atoms with Crippen molar-refractivity contribution in [1.29, 1.82) is 0 Å². The van der Waals surface area contributed by atoms with Gasteiger partial charge in [-0.3, -0.25) is 4.79 Å². The molecule has 0 heterocycles. The highest BCUT2D eigenvalue weighted by molar-refractivity contribution is 6.32. The monoisotopic (exact) mass is 410 g/mol. The summed E-state index contributed by atoms with van der Waals surface area (Å²) in [5.74, 6) is -1.84. The van der Waals surface area contributed by atoms with Crippen molar-refractivity contribution in [3.8, 4) is 0 Å². The minimum Gasteiger partial charge on any atom is -0.465 e. The fourth-order valence-electron chi connectivity index (χ4n) is 2.64. The fourth-order valence-corrected chi connectivity index (χ4v) is 2.94. The lowest BCUT2D eigenvalue weighted by Crippen LogP contribution is -2.54. The van der Waals surface area contributed by atoms with Crippen LogP contribution in [0.2, 0.25) is 5.02 Å². The lowest BCUT2D eigenvalue weighted by molar-refractivity contribution is -0.137. The number of rotatable bonds is 6. The van der Waals surface area contributed by atoms with Gasteiger partial charge in [0.25, 0.3) is 0 Å². The molecule has 0 aliphatic carbocycles. The summed E-state index contributed by atoms with van der Waals surface area (Å²) in [4.78, 5) is 23.4. The molecule has 10 heteroatoms. The van der Waals surface area contributed by atoms with Crippen molar-refractivity contribution >= 4 is 23.6 Å². The second-order valence-corrected chi connectivity index (χ2v) is 7.45. The second kappa shape index (κ2) is 8.79. The molecule has 0 radical (unpaired) electrons. The first-order valence-electron chi connectivity index (χ1n) is 8.01. The zero-order chi connectivity index (χ0) is 21.0. The van der Waals surface area contributed by atoms with E-state index >= 15 is 0 Å². The minimum absolute atomic E-state index is 0.0510. The van der Waals surface area contributed by atoms with Gasteiger partial charge in [-0.2, -0.15) is 13.2 Å². The summed E-state index contributed by atoms with van der Waals surface area (Å²) < 4.78 is 38.7. The smallest absolute Gasteiger partial charge is 0.417 e. The van der Waals surface area contributed by atoms with E-state index in [1.165, 1.54) is 12.1 Å². The van der Waals surface area contributed by atoms with Crippen LogP contribution < -0.4 is 10.6 Å². The Kier molecular flexibility index (Phi) is 7.50. The van der Waals surface area contributed by atoms with Crippen LogP contribution in [0.5, 0.6) is 0 Å². The first kappa shape index (κ1) is 23.0. The highest BCUT2D eigenvalue weighted by atomic mass is 35.5. The van der Waals surface area contributed by atoms with E-state index < -0.39 is 52.7 Å². The molecule has 0 saturated heterocycles. The Bertz CT molecular complexity index is 690. The van der Waals surface area contributed by atoms with Crippen molar-refractivity contribution in [3.63, 3.8) is 0 Å². The summed E-state index contributed by atoms with van der Waals surface area (Å²) in [6, 6.07) is 2.42. The summed E-state index contributed by atoms with van der Waals surface area (Å²) in [5.41, 5.74) is -1.67. The van der Waals surface area contributed by atoms with Gasteiger partial charge < -0.3 is 20.8 Å². The lowest BCUT2D eigenvalue weighted by Gasteiger charge is -2.35. The number of hydrogen-bond acceptors (Lipinski definition) is 3. The Balaban J connectivity index is 2.98. The van der Waals surface area contributed by atoms with Crippen LogP contribution in [0.1, 0.15) is 31.9 Å². The molecule has 0 fully saturated rings. The van der Waals surface area contributed by atoms with Crippen molar-refractivity contribution in [2.45, 2.75) is 39.5 Å². The third-order valence-corrected chi connectivity index (χ3v) is 4.43. The molecule has 2 amide bonds. The van der Waals surface area contributed by atoms with Gasteiger partial charge in [-0.25, -0.2) is 4.79 Å². The molecule has 4 N–H and O–H groups in total. The molecule has 27 heavy (non-hydrogen) atoms. The van der Waals surface area contributed by atoms with Crippen LogP contribution in [-0.2, 0) is 17.5 Å². The molecule has 1 aromatic carbocycles. The third-order valence-electron chi connectivity index (χ3n) is 3.98. The maximum absolute atomic E-state index is 12.9. The van der Waals surface area contributed by atoms with Gasteiger partial charge in [0.05, 0.1) is 29.2 Å². The molecule has 2 atom stereocenters. The van der Waals surface area contributed by atoms with E-state index in [1.54, 1.807) is 20.8 Å².